The fourth-order valence-corrected chi connectivity index (χ4v) is 3.03. The summed E-state index contributed by atoms with van der Waals surface area (Å²) in [6.07, 6.45) is -4.72. The first kappa shape index (κ1) is 16.7. The van der Waals surface area contributed by atoms with E-state index in [1.807, 2.05) is 0 Å². The van der Waals surface area contributed by atoms with Crippen LogP contribution in [0.25, 0.3) is 0 Å². The summed E-state index contributed by atoms with van der Waals surface area (Å²) in [7, 11) is -2.93. The minimum Gasteiger partial charge on any atom is -0.389 e. The van der Waals surface area contributed by atoms with Gasteiger partial charge in [0.2, 0.25) is 9.84 Å². The van der Waals surface area contributed by atoms with Gasteiger partial charge in [-0.3, -0.25) is 4.99 Å². The quantitative estimate of drug-likeness (QED) is 0.749. The summed E-state index contributed by atoms with van der Waals surface area (Å²) in [4.78, 5) is 8.28. The van der Waals surface area contributed by atoms with Crippen LogP contribution in [0.1, 0.15) is 20.3 Å². The van der Waals surface area contributed by atoms with Crippen LogP contribution in [0, 0.1) is 0 Å². The molecule has 1 aliphatic heterocycles. The molecule has 0 amide bonds. The second-order valence-electron chi connectivity index (χ2n) is 4.92. The van der Waals surface area contributed by atoms with Crippen LogP contribution in [0.5, 0.6) is 0 Å². The van der Waals surface area contributed by atoms with Crippen LogP contribution in [0.15, 0.2) is 22.3 Å². The van der Waals surface area contributed by atoms with Gasteiger partial charge in [-0.2, -0.15) is 13.2 Å². The molecule has 0 aliphatic carbocycles. The van der Waals surface area contributed by atoms with Crippen molar-refractivity contribution in [1.29, 1.82) is 0 Å². The van der Waals surface area contributed by atoms with Crippen molar-refractivity contribution < 1.29 is 26.4 Å². The average Bonchev–Trinajstić information content (AvgIpc) is 2.65. The van der Waals surface area contributed by atoms with Crippen molar-refractivity contribution in [2.45, 2.75) is 32.0 Å². The number of halogens is 3. The number of hydrogen-bond acceptors (Lipinski definition) is 5. The van der Waals surface area contributed by atoms with Gasteiger partial charge in [0.15, 0.2) is 5.04 Å². The van der Waals surface area contributed by atoms with Gasteiger partial charge in [0, 0.05) is 13.5 Å². The molecule has 5 nitrogen and oxygen atoms in total. The number of allylic oxidation sites excluding steroid dienone is 1. The fourth-order valence-electron chi connectivity index (χ4n) is 1.48. The Balaban J connectivity index is 2.95. The molecular formula is C11H15F3N2O3S. The van der Waals surface area contributed by atoms with Gasteiger partial charge >= 0.3 is 6.18 Å². The highest BCUT2D eigenvalue weighted by molar-refractivity contribution is 8.07. The van der Waals surface area contributed by atoms with E-state index in [0.717, 1.165) is 7.05 Å². The fraction of sp³-hybridized carbons (Fsp3) is 0.636. The molecule has 20 heavy (non-hydrogen) atoms. The summed E-state index contributed by atoms with van der Waals surface area (Å²) in [5.41, 5.74) is -2.69. The highest BCUT2D eigenvalue weighted by Gasteiger charge is 2.40. The maximum atomic E-state index is 12.5. The Morgan fingerprint density at radius 1 is 1.50 bits per heavy atom. The minimum absolute atomic E-state index is 0.00478. The summed E-state index contributed by atoms with van der Waals surface area (Å²) in [6, 6.07) is 0. The zero-order valence-electron chi connectivity index (χ0n) is 11.3. The van der Waals surface area contributed by atoms with Gasteiger partial charge in [0.25, 0.3) is 0 Å². The van der Waals surface area contributed by atoms with Crippen LogP contribution in [-0.2, 0) is 14.7 Å². The maximum Gasteiger partial charge on any atom is 0.417 e. The summed E-state index contributed by atoms with van der Waals surface area (Å²) >= 11 is 0. The molecule has 0 aromatic heterocycles. The molecule has 0 aromatic rings. The minimum atomic E-state index is -4.72. The van der Waals surface area contributed by atoms with Gasteiger partial charge in [-0.05, 0) is 13.8 Å². The number of sulfone groups is 1. The first-order valence-corrected chi connectivity index (χ1v) is 7.24. The normalized spacial score (nSPS) is 19.5. The van der Waals surface area contributed by atoms with E-state index in [0.29, 0.717) is 0 Å². The number of alkyl halides is 3. The molecule has 0 N–H and O–H groups in total. The number of hydrogen-bond donors (Lipinski definition) is 0. The molecule has 114 valence electrons. The number of nitrogens with zero attached hydrogens (tertiary/aromatic N) is 2. The highest BCUT2D eigenvalue weighted by Crippen LogP contribution is 2.28. The monoisotopic (exact) mass is 312 g/mol. The first-order valence-electron chi connectivity index (χ1n) is 5.59. The van der Waals surface area contributed by atoms with E-state index in [-0.39, 0.29) is 11.5 Å². The maximum absolute atomic E-state index is 12.5. The lowest BCUT2D eigenvalue weighted by atomic mass is 10.1. The van der Waals surface area contributed by atoms with Crippen LogP contribution < -0.4 is 0 Å². The van der Waals surface area contributed by atoms with Crippen LogP contribution in [0.4, 0.5) is 13.2 Å². The Labute approximate surface area is 115 Å². The zero-order valence-corrected chi connectivity index (χ0v) is 12.1. The van der Waals surface area contributed by atoms with Crippen molar-refractivity contribution in [3.63, 3.8) is 0 Å². The molecule has 0 fully saturated rings. The SMILES string of the molecule is C=C(/C(CS(=O)(=O)C1=NOC(C)(C)C1)=N\C)C(F)(F)F. The van der Waals surface area contributed by atoms with E-state index in [1.54, 1.807) is 13.8 Å². The highest BCUT2D eigenvalue weighted by atomic mass is 32.2. The van der Waals surface area contributed by atoms with E-state index in [9.17, 15) is 21.6 Å². The van der Waals surface area contributed by atoms with Crippen LogP contribution in [0.3, 0.4) is 0 Å². The van der Waals surface area contributed by atoms with Crippen LogP contribution in [0.2, 0.25) is 0 Å². The van der Waals surface area contributed by atoms with Gasteiger partial charge in [-0.15, -0.1) is 0 Å². The molecule has 0 radical (unpaired) electrons. The molecular weight excluding hydrogens is 297 g/mol. The van der Waals surface area contributed by atoms with Crippen LogP contribution in [-0.4, -0.2) is 43.8 Å². The molecule has 0 unspecified atom stereocenters. The Morgan fingerprint density at radius 2 is 2.05 bits per heavy atom. The third-order valence-electron chi connectivity index (χ3n) is 2.62. The third-order valence-corrected chi connectivity index (χ3v) is 4.21. The number of rotatable bonds is 3. The van der Waals surface area contributed by atoms with Crippen molar-refractivity contribution in [3.05, 3.63) is 12.2 Å². The van der Waals surface area contributed by atoms with E-state index in [2.05, 4.69) is 16.7 Å². The van der Waals surface area contributed by atoms with Gasteiger partial charge in [0.1, 0.15) is 5.60 Å². The van der Waals surface area contributed by atoms with E-state index >= 15 is 0 Å². The molecule has 9 heteroatoms. The lowest BCUT2D eigenvalue weighted by Crippen LogP contribution is -2.30. The van der Waals surface area contributed by atoms with E-state index in [1.165, 1.54) is 0 Å². The van der Waals surface area contributed by atoms with Gasteiger partial charge in [-0.25, -0.2) is 8.42 Å². The van der Waals surface area contributed by atoms with Crippen molar-refractivity contribution in [3.8, 4) is 0 Å². The van der Waals surface area contributed by atoms with E-state index < -0.39 is 38.7 Å². The molecule has 0 aromatic carbocycles. The van der Waals surface area contributed by atoms with Crippen molar-refractivity contribution in [1.82, 2.24) is 0 Å². The lowest BCUT2D eigenvalue weighted by molar-refractivity contribution is -0.0857. The molecule has 1 aliphatic rings. The van der Waals surface area contributed by atoms with Gasteiger partial charge in [-0.1, -0.05) is 11.7 Å². The Bertz CT molecular complexity index is 574. The second kappa shape index (κ2) is 5.19. The second-order valence-corrected chi connectivity index (χ2v) is 6.91. The molecule has 1 heterocycles. The number of aliphatic imine (C=N–C) groups is 1. The summed E-state index contributed by atoms with van der Waals surface area (Å²) in [5.74, 6) is -0.903. The van der Waals surface area contributed by atoms with Crippen molar-refractivity contribution in [2.24, 2.45) is 10.1 Å². The zero-order chi connectivity index (χ0) is 15.8. The molecule has 0 bridgehead atoms. The molecule has 0 atom stereocenters. The van der Waals surface area contributed by atoms with E-state index in [4.69, 9.17) is 4.84 Å². The molecule has 1 rings (SSSR count). The van der Waals surface area contributed by atoms with Gasteiger partial charge < -0.3 is 4.84 Å². The predicted octanol–water partition coefficient (Wildman–Crippen LogP) is 2.10. The summed E-state index contributed by atoms with van der Waals surface area (Å²) in [5, 5.41) is 3.15. The number of oxime groups is 1. The molecule has 0 saturated carbocycles. The first-order chi connectivity index (χ1) is 8.89. The Morgan fingerprint density at radius 3 is 2.40 bits per heavy atom. The average molecular weight is 312 g/mol. The molecule has 0 saturated heterocycles. The van der Waals surface area contributed by atoms with Crippen molar-refractivity contribution >= 4 is 20.6 Å². The summed E-state index contributed by atoms with van der Waals surface area (Å²) in [6.45, 7) is 6.10. The van der Waals surface area contributed by atoms with Gasteiger partial charge in [0.05, 0.1) is 17.0 Å². The standard InChI is InChI=1S/C11H15F3N2O3S/c1-7(11(12,13)14)8(15-4)6-20(17,18)9-5-10(2,3)19-16-9/h1,5-6H2,2-4H3/b15-8-. The molecule has 0 spiro atoms. The lowest BCUT2D eigenvalue weighted by Gasteiger charge is -2.14. The predicted molar refractivity (Wildman–Crippen MR) is 69.6 cm³/mol. The third kappa shape index (κ3) is 3.81. The van der Waals surface area contributed by atoms with Crippen LogP contribution >= 0.6 is 0 Å². The Kier molecular flexibility index (Phi) is 4.33. The Hall–Kier alpha value is -1.38. The smallest absolute Gasteiger partial charge is 0.389 e. The van der Waals surface area contributed by atoms with Crippen molar-refractivity contribution in [2.75, 3.05) is 12.8 Å². The summed E-state index contributed by atoms with van der Waals surface area (Å²) < 4.78 is 61.6. The largest absolute Gasteiger partial charge is 0.417 e. The topological polar surface area (TPSA) is 68.1 Å².